The molecule has 0 saturated carbocycles. The van der Waals surface area contributed by atoms with Crippen LogP contribution < -0.4 is 5.32 Å². The summed E-state index contributed by atoms with van der Waals surface area (Å²) in [5.74, 6) is 0. The van der Waals surface area contributed by atoms with Crippen molar-refractivity contribution in [1.29, 1.82) is 0 Å². The van der Waals surface area contributed by atoms with Crippen LogP contribution in [0.4, 0.5) is 0 Å². The zero-order chi connectivity index (χ0) is 11.4. The van der Waals surface area contributed by atoms with Crippen LogP contribution in [0.5, 0.6) is 0 Å². The highest BCUT2D eigenvalue weighted by molar-refractivity contribution is 6.54. The van der Waals surface area contributed by atoms with Crippen molar-refractivity contribution in [2.45, 2.75) is 22.0 Å². The topological polar surface area (TPSA) is 61.7 Å². The van der Waals surface area contributed by atoms with Crippen molar-refractivity contribution in [2.24, 2.45) is 0 Å². The summed E-state index contributed by atoms with van der Waals surface area (Å²) in [5.41, 5.74) is -5.31. The Bertz CT molecular complexity index is 203. The van der Waals surface area contributed by atoms with Gasteiger partial charge in [-0.3, -0.25) is 0 Å². The molecular formula is C4H3B6NO3. The van der Waals surface area contributed by atoms with Gasteiger partial charge in [0.1, 0.15) is 19.2 Å². The minimum absolute atomic E-state index is 1.95. The SMILES string of the molecule is [B]C1([B])NC([B])(O)C([B])(O)OC1([B])[B]. The average molecular weight is 178 g/mol. The third-order valence-corrected chi connectivity index (χ3v) is 1.91. The molecule has 1 aliphatic heterocycles. The second-order valence-corrected chi connectivity index (χ2v) is 3.35. The molecule has 1 saturated heterocycles. The van der Waals surface area contributed by atoms with E-state index in [2.05, 4.69) is 4.74 Å². The molecule has 1 fully saturated rings. The first-order valence-electron chi connectivity index (χ1n) is 3.59. The Labute approximate surface area is 90.0 Å². The number of ether oxygens (including phenoxy) is 1. The van der Waals surface area contributed by atoms with Crippen molar-refractivity contribution in [3.63, 3.8) is 0 Å². The van der Waals surface area contributed by atoms with E-state index in [-0.39, 0.29) is 0 Å². The molecule has 0 aliphatic carbocycles. The van der Waals surface area contributed by atoms with E-state index in [9.17, 15) is 10.2 Å². The molecule has 0 amide bonds. The highest BCUT2D eigenvalue weighted by Crippen LogP contribution is 2.31. The van der Waals surface area contributed by atoms with E-state index >= 15 is 0 Å². The first kappa shape index (κ1) is 12.3. The molecule has 2 atom stereocenters. The van der Waals surface area contributed by atoms with Gasteiger partial charge in [0.2, 0.25) is 0 Å². The first-order valence-corrected chi connectivity index (χ1v) is 3.59. The van der Waals surface area contributed by atoms with Gasteiger partial charge in [-0.1, -0.05) is 0 Å². The van der Waals surface area contributed by atoms with Crippen molar-refractivity contribution in [1.82, 2.24) is 5.32 Å². The fourth-order valence-corrected chi connectivity index (χ4v) is 0.922. The summed E-state index contributed by atoms with van der Waals surface area (Å²) >= 11 is 0. The second kappa shape index (κ2) is 2.88. The van der Waals surface area contributed by atoms with Gasteiger partial charge in [0.15, 0.2) is 7.85 Å². The Hall–Kier alpha value is 0.230. The fourth-order valence-electron chi connectivity index (χ4n) is 0.922. The summed E-state index contributed by atoms with van der Waals surface area (Å²) in [6, 6.07) is 0. The molecule has 0 aromatic heterocycles. The molecule has 0 bridgehead atoms. The Morgan fingerprint density at radius 2 is 1.36 bits per heavy atom. The molecule has 3 N–H and O–H groups in total. The summed E-state index contributed by atoms with van der Waals surface area (Å²) in [6.45, 7) is 0. The van der Waals surface area contributed by atoms with E-state index in [0.717, 1.165) is 0 Å². The van der Waals surface area contributed by atoms with Crippen LogP contribution in [0.25, 0.3) is 0 Å². The number of hydrogen-bond acceptors (Lipinski definition) is 4. The molecular weight excluding hydrogens is 175 g/mol. The van der Waals surface area contributed by atoms with Crippen molar-refractivity contribution in [3.8, 4) is 0 Å². The van der Waals surface area contributed by atoms with Gasteiger partial charge in [-0.15, -0.1) is 0 Å². The predicted molar refractivity (Wildman–Crippen MR) is 54.1 cm³/mol. The van der Waals surface area contributed by atoms with E-state index in [4.69, 9.17) is 47.1 Å². The van der Waals surface area contributed by atoms with E-state index < -0.39 is 22.0 Å². The minimum Gasteiger partial charge on any atom is -0.381 e. The maximum Gasteiger partial charge on any atom is 0.158 e. The van der Waals surface area contributed by atoms with Gasteiger partial charge in [0, 0.05) is 0 Å². The lowest BCUT2D eigenvalue weighted by molar-refractivity contribution is -0.273. The molecule has 1 rings (SSSR count). The van der Waals surface area contributed by atoms with Crippen LogP contribution in [0.3, 0.4) is 0 Å². The van der Waals surface area contributed by atoms with Crippen molar-refractivity contribution >= 4 is 47.1 Å². The predicted octanol–water partition coefficient (Wildman–Crippen LogP) is -4.78. The van der Waals surface area contributed by atoms with E-state index in [0.29, 0.717) is 0 Å². The monoisotopic (exact) mass is 179 g/mol. The molecule has 10 heteroatoms. The second-order valence-electron chi connectivity index (χ2n) is 3.35. The number of hydrogen-bond donors (Lipinski definition) is 3. The highest BCUT2D eigenvalue weighted by Gasteiger charge is 2.55. The van der Waals surface area contributed by atoms with Gasteiger partial charge in [-0.25, -0.2) is 0 Å². The van der Waals surface area contributed by atoms with Crippen LogP contribution in [-0.2, 0) is 4.74 Å². The average Bonchev–Trinajstić information content (AvgIpc) is 1.78. The standard InChI is InChI=1S/C4H3B6NO3/c5-1(6)2(7,8)14-4(10,13)3(9,12)11-1/h11-13H. The summed E-state index contributed by atoms with van der Waals surface area (Å²) in [7, 11) is 31.5. The van der Waals surface area contributed by atoms with Crippen molar-refractivity contribution in [2.75, 3.05) is 0 Å². The van der Waals surface area contributed by atoms with Crippen molar-refractivity contribution in [3.05, 3.63) is 0 Å². The van der Waals surface area contributed by atoms with Crippen LogP contribution >= 0.6 is 0 Å². The van der Waals surface area contributed by atoms with E-state index in [1.807, 2.05) is 5.32 Å². The van der Waals surface area contributed by atoms with Crippen LogP contribution in [0, 0.1) is 0 Å². The number of morpholine rings is 1. The molecule has 0 spiro atoms. The molecule has 2 unspecified atom stereocenters. The number of rotatable bonds is 0. The minimum atomic E-state index is -2.72. The first-order chi connectivity index (χ1) is 5.91. The Balaban J connectivity index is 3.07. The third kappa shape index (κ3) is 1.69. The maximum atomic E-state index is 9.37. The summed E-state index contributed by atoms with van der Waals surface area (Å²) < 4.78 is 4.49. The molecule has 0 aromatic rings. The summed E-state index contributed by atoms with van der Waals surface area (Å²) in [6.07, 6.45) is 0. The zero-order valence-electron chi connectivity index (χ0n) is 7.27. The van der Waals surface area contributed by atoms with Crippen LogP contribution in [0.1, 0.15) is 0 Å². The maximum absolute atomic E-state index is 9.37. The van der Waals surface area contributed by atoms with Gasteiger partial charge < -0.3 is 20.3 Å². The molecule has 1 heterocycles. The van der Waals surface area contributed by atoms with Gasteiger partial charge in [-0.05, 0) is 10.7 Å². The zero-order valence-corrected chi connectivity index (χ0v) is 7.27. The Morgan fingerprint density at radius 1 is 0.929 bits per heavy atom. The van der Waals surface area contributed by atoms with E-state index in [1.54, 1.807) is 0 Å². The lowest BCUT2D eigenvalue weighted by atomic mass is 9.38. The van der Waals surface area contributed by atoms with Crippen LogP contribution in [0.2, 0.25) is 0 Å². The molecule has 0 aromatic carbocycles. The third-order valence-electron chi connectivity index (χ3n) is 1.91. The fraction of sp³-hybridized carbons (Fsp3) is 1.00. The van der Waals surface area contributed by atoms with Crippen LogP contribution in [0.15, 0.2) is 0 Å². The smallest absolute Gasteiger partial charge is 0.158 e. The largest absolute Gasteiger partial charge is 0.381 e. The molecule has 12 radical (unpaired) electrons. The Morgan fingerprint density at radius 3 is 1.71 bits per heavy atom. The van der Waals surface area contributed by atoms with Gasteiger partial charge in [0.05, 0.1) is 31.4 Å². The van der Waals surface area contributed by atoms with E-state index in [1.165, 1.54) is 0 Å². The van der Waals surface area contributed by atoms with Crippen LogP contribution in [-0.4, -0.2) is 79.3 Å². The lowest BCUT2D eigenvalue weighted by Crippen LogP contribution is -2.84. The van der Waals surface area contributed by atoms with Gasteiger partial charge in [0.25, 0.3) is 0 Å². The van der Waals surface area contributed by atoms with Gasteiger partial charge in [-0.2, -0.15) is 0 Å². The van der Waals surface area contributed by atoms with Crippen molar-refractivity contribution < 1.29 is 14.9 Å². The molecule has 1 aliphatic rings. The highest BCUT2D eigenvalue weighted by atomic mass is 16.7. The quantitative estimate of drug-likeness (QED) is 0.326. The Kier molecular flexibility index (Phi) is 2.53. The number of aliphatic hydroxyl groups is 2. The summed E-state index contributed by atoms with van der Waals surface area (Å²) in [5, 5.41) is 16.4. The van der Waals surface area contributed by atoms with Gasteiger partial charge >= 0.3 is 0 Å². The normalized spacial score (nSPS) is 45.9. The lowest BCUT2D eigenvalue weighted by Gasteiger charge is -2.61. The number of nitrogens with one attached hydrogen (secondary N) is 1. The molecule has 60 valence electrons. The molecule has 14 heavy (non-hydrogen) atoms. The molecule has 4 nitrogen and oxygen atoms in total. The summed E-state index contributed by atoms with van der Waals surface area (Å²) in [4.78, 5) is 0.